The molecule has 0 N–H and O–H groups in total. The maximum Gasteiger partial charge on any atom is 1.00 e. The summed E-state index contributed by atoms with van der Waals surface area (Å²) in [6.45, 7) is 2.08. The summed E-state index contributed by atoms with van der Waals surface area (Å²) in [6.07, 6.45) is 4.03. The van der Waals surface area contributed by atoms with E-state index >= 15 is 0 Å². The molecule has 0 heterocycles. The minimum absolute atomic E-state index is 0. The van der Waals surface area contributed by atoms with Gasteiger partial charge in [-0.3, -0.25) is 0 Å². The average molecular weight is 226 g/mol. The molecular formula is C13H15NaO2. The second-order valence-corrected chi connectivity index (χ2v) is 3.46. The Balaban J connectivity index is 0.00000225. The van der Waals surface area contributed by atoms with Crippen molar-refractivity contribution in [2.24, 2.45) is 0 Å². The smallest absolute Gasteiger partial charge is 0.545 e. The Kier molecular flexibility index (Phi) is 8.26. The van der Waals surface area contributed by atoms with Crippen molar-refractivity contribution in [2.45, 2.75) is 26.2 Å². The van der Waals surface area contributed by atoms with Gasteiger partial charge in [0, 0.05) is 0 Å². The van der Waals surface area contributed by atoms with Crippen LogP contribution < -0.4 is 34.7 Å². The van der Waals surface area contributed by atoms with Crippen molar-refractivity contribution < 1.29 is 39.5 Å². The van der Waals surface area contributed by atoms with Gasteiger partial charge in [0.2, 0.25) is 0 Å². The van der Waals surface area contributed by atoms with Gasteiger partial charge in [-0.1, -0.05) is 43.7 Å². The number of benzene rings is 1. The van der Waals surface area contributed by atoms with Crippen molar-refractivity contribution in [2.75, 3.05) is 0 Å². The predicted octanol–water partition coefficient (Wildman–Crippen LogP) is -0.986. The van der Waals surface area contributed by atoms with Crippen LogP contribution in [0.5, 0.6) is 0 Å². The minimum atomic E-state index is -1.12. The number of hydrogen-bond acceptors (Lipinski definition) is 2. The molecule has 0 aliphatic carbocycles. The first-order valence-electron chi connectivity index (χ1n) is 5.21. The van der Waals surface area contributed by atoms with E-state index in [2.05, 4.69) is 6.92 Å². The van der Waals surface area contributed by atoms with Crippen molar-refractivity contribution >= 4 is 11.5 Å². The molecule has 0 radical (unpaired) electrons. The van der Waals surface area contributed by atoms with E-state index in [1.807, 2.05) is 30.3 Å². The van der Waals surface area contributed by atoms with Crippen LogP contribution in [-0.2, 0) is 4.79 Å². The first-order chi connectivity index (χ1) is 7.24. The summed E-state index contributed by atoms with van der Waals surface area (Å²) in [5.41, 5.74) is 1.81. The van der Waals surface area contributed by atoms with E-state index < -0.39 is 5.97 Å². The quantitative estimate of drug-likeness (QED) is 0.478. The number of rotatable bonds is 5. The van der Waals surface area contributed by atoms with Gasteiger partial charge in [0.15, 0.2) is 0 Å². The van der Waals surface area contributed by atoms with Gasteiger partial charge >= 0.3 is 29.6 Å². The van der Waals surface area contributed by atoms with Crippen LogP contribution in [0.25, 0.3) is 5.57 Å². The first kappa shape index (κ1) is 15.4. The Morgan fingerprint density at radius 1 is 1.31 bits per heavy atom. The van der Waals surface area contributed by atoms with E-state index in [1.54, 1.807) is 0 Å². The number of aliphatic carboxylic acids is 1. The summed E-state index contributed by atoms with van der Waals surface area (Å²) >= 11 is 0. The van der Waals surface area contributed by atoms with Gasteiger partial charge in [0.25, 0.3) is 0 Å². The maximum atomic E-state index is 10.6. The Bertz CT molecular complexity index is 344. The van der Waals surface area contributed by atoms with Crippen molar-refractivity contribution in [3.63, 3.8) is 0 Å². The Morgan fingerprint density at radius 2 is 1.94 bits per heavy atom. The molecule has 0 aliphatic rings. The average Bonchev–Trinajstić information content (AvgIpc) is 2.25. The normalized spacial score (nSPS) is 10.7. The summed E-state index contributed by atoms with van der Waals surface area (Å²) in [5, 5.41) is 10.6. The molecule has 80 valence electrons. The van der Waals surface area contributed by atoms with Crippen LogP contribution in [0.2, 0.25) is 0 Å². The third-order valence-electron chi connectivity index (χ3n) is 2.24. The van der Waals surface area contributed by atoms with Crippen LogP contribution >= 0.6 is 0 Å². The molecule has 16 heavy (non-hydrogen) atoms. The van der Waals surface area contributed by atoms with E-state index in [1.165, 1.54) is 6.08 Å². The number of carbonyl (C=O) groups excluding carboxylic acids is 1. The molecule has 1 rings (SSSR count). The van der Waals surface area contributed by atoms with Gasteiger partial charge in [0.1, 0.15) is 0 Å². The number of carbonyl (C=O) groups is 1. The molecule has 0 atom stereocenters. The topological polar surface area (TPSA) is 40.1 Å². The molecule has 0 amide bonds. The van der Waals surface area contributed by atoms with Crippen LogP contribution in [0.1, 0.15) is 31.7 Å². The van der Waals surface area contributed by atoms with Crippen LogP contribution in [0.3, 0.4) is 0 Å². The molecular weight excluding hydrogens is 211 g/mol. The molecule has 0 saturated heterocycles. The minimum Gasteiger partial charge on any atom is -0.545 e. The summed E-state index contributed by atoms with van der Waals surface area (Å²) < 4.78 is 0. The van der Waals surface area contributed by atoms with Crippen LogP contribution in [0.15, 0.2) is 36.4 Å². The van der Waals surface area contributed by atoms with E-state index in [0.717, 1.165) is 30.4 Å². The van der Waals surface area contributed by atoms with E-state index in [-0.39, 0.29) is 29.6 Å². The summed E-state index contributed by atoms with van der Waals surface area (Å²) in [4.78, 5) is 10.6. The molecule has 3 heteroatoms. The Hall–Kier alpha value is -0.570. The monoisotopic (exact) mass is 226 g/mol. The molecule has 0 spiro atoms. The summed E-state index contributed by atoms with van der Waals surface area (Å²) in [5.74, 6) is -1.12. The summed E-state index contributed by atoms with van der Waals surface area (Å²) in [6, 6.07) is 9.57. The Labute approximate surface area is 119 Å². The fourth-order valence-electron chi connectivity index (χ4n) is 1.46. The molecule has 1 aromatic rings. The molecule has 0 aliphatic heterocycles. The van der Waals surface area contributed by atoms with Gasteiger partial charge < -0.3 is 9.90 Å². The third kappa shape index (κ3) is 5.50. The molecule has 2 nitrogen and oxygen atoms in total. The number of unbranched alkanes of at least 4 members (excludes halogenated alkanes) is 1. The van der Waals surface area contributed by atoms with Crippen molar-refractivity contribution in [1.82, 2.24) is 0 Å². The zero-order valence-electron chi connectivity index (χ0n) is 9.90. The molecule has 1 aromatic carbocycles. The zero-order chi connectivity index (χ0) is 11.1. The number of allylic oxidation sites excluding steroid dienone is 1. The van der Waals surface area contributed by atoms with Gasteiger partial charge in [-0.25, -0.2) is 0 Å². The Morgan fingerprint density at radius 3 is 2.44 bits per heavy atom. The van der Waals surface area contributed by atoms with Crippen molar-refractivity contribution in [1.29, 1.82) is 0 Å². The standard InChI is InChI=1S/C13H16O2.Na/c1-2-3-7-12(10-13(14)15)11-8-5-4-6-9-11;/h4-6,8-10H,2-3,7H2,1H3,(H,14,15);/q;+1/p-1. The maximum absolute atomic E-state index is 10.6. The SMILES string of the molecule is CCCCC(=CC(=O)[O-])c1ccccc1.[Na+]. The van der Waals surface area contributed by atoms with E-state index in [0.29, 0.717) is 0 Å². The fraction of sp³-hybridized carbons (Fsp3) is 0.308. The van der Waals surface area contributed by atoms with Crippen molar-refractivity contribution in [3.8, 4) is 0 Å². The second kappa shape index (κ2) is 8.57. The van der Waals surface area contributed by atoms with Crippen LogP contribution in [-0.4, -0.2) is 5.97 Å². The fourth-order valence-corrected chi connectivity index (χ4v) is 1.46. The number of hydrogen-bond donors (Lipinski definition) is 0. The van der Waals surface area contributed by atoms with Gasteiger partial charge in [-0.2, -0.15) is 0 Å². The number of carboxylic acids is 1. The van der Waals surface area contributed by atoms with Crippen LogP contribution in [0.4, 0.5) is 0 Å². The molecule has 0 saturated carbocycles. The molecule has 0 bridgehead atoms. The zero-order valence-corrected chi connectivity index (χ0v) is 11.9. The number of carboxylic acid groups (broad SMARTS) is 1. The molecule has 0 aromatic heterocycles. The largest absolute Gasteiger partial charge is 1.00 e. The molecule has 0 fully saturated rings. The second-order valence-electron chi connectivity index (χ2n) is 3.46. The van der Waals surface area contributed by atoms with Gasteiger partial charge in [-0.15, -0.1) is 0 Å². The van der Waals surface area contributed by atoms with Crippen molar-refractivity contribution in [3.05, 3.63) is 42.0 Å². The van der Waals surface area contributed by atoms with E-state index in [4.69, 9.17) is 0 Å². The van der Waals surface area contributed by atoms with Gasteiger partial charge in [0.05, 0.1) is 5.97 Å². The van der Waals surface area contributed by atoms with Crippen LogP contribution in [0, 0.1) is 0 Å². The molecule has 0 unspecified atom stereocenters. The summed E-state index contributed by atoms with van der Waals surface area (Å²) in [7, 11) is 0. The first-order valence-corrected chi connectivity index (χ1v) is 5.21. The predicted molar refractivity (Wildman–Crippen MR) is 59.0 cm³/mol. The van der Waals surface area contributed by atoms with E-state index in [9.17, 15) is 9.90 Å². The van der Waals surface area contributed by atoms with Gasteiger partial charge in [-0.05, 0) is 30.1 Å². The third-order valence-corrected chi connectivity index (χ3v) is 2.24.